The number of methoxy groups -OCH3 is 1. The molecule has 1 aliphatic rings. The van der Waals surface area contributed by atoms with Gasteiger partial charge in [-0.3, -0.25) is 14.7 Å². The number of ether oxygens (including phenoxy) is 2. The number of hydrogen-bond acceptors (Lipinski definition) is 6. The number of aromatic nitrogens is 4. The smallest absolute Gasteiger partial charge is 0.280 e. The highest BCUT2D eigenvalue weighted by atomic mass is 16.5. The molecule has 3 aromatic heterocycles. The van der Waals surface area contributed by atoms with Crippen LogP contribution >= 0.6 is 0 Å². The van der Waals surface area contributed by atoms with Gasteiger partial charge in [-0.05, 0) is 42.5 Å². The highest BCUT2D eigenvalue weighted by Crippen LogP contribution is 2.19. The van der Waals surface area contributed by atoms with E-state index in [9.17, 15) is 9.59 Å². The van der Waals surface area contributed by atoms with Gasteiger partial charge < -0.3 is 14.8 Å². The van der Waals surface area contributed by atoms with Crippen LogP contribution in [-0.4, -0.2) is 52.5 Å². The Morgan fingerprint density at radius 1 is 1.30 bits per heavy atom. The molecule has 0 unspecified atom stereocenters. The standard InChI is InChI=1S/C21H23N5O4/c1-29-19-10-15(4-7-22-19)17-13-25-26(21(17)28)18-3-2-16(12-23-18)20(27)24-11-14-5-8-30-9-6-14/h2-4,7,10,12-14,25H,5-6,8-9,11H2,1H3,(H,24,27). The van der Waals surface area contributed by atoms with E-state index in [0.717, 1.165) is 26.1 Å². The Bertz CT molecular complexity index is 1070. The molecule has 9 nitrogen and oxygen atoms in total. The quantitative estimate of drug-likeness (QED) is 0.642. The molecule has 0 spiro atoms. The van der Waals surface area contributed by atoms with Gasteiger partial charge >= 0.3 is 0 Å². The minimum atomic E-state index is -0.257. The Kier molecular flexibility index (Phi) is 5.89. The lowest BCUT2D eigenvalue weighted by atomic mass is 10.0. The fraction of sp³-hybridized carbons (Fsp3) is 0.333. The van der Waals surface area contributed by atoms with Crippen molar-refractivity contribution in [3.8, 4) is 22.8 Å². The summed E-state index contributed by atoms with van der Waals surface area (Å²) >= 11 is 0. The number of nitrogens with zero attached hydrogens (tertiary/aromatic N) is 3. The van der Waals surface area contributed by atoms with Crippen LogP contribution in [0.4, 0.5) is 0 Å². The molecular weight excluding hydrogens is 386 g/mol. The molecule has 0 atom stereocenters. The maximum atomic E-state index is 12.8. The zero-order valence-electron chi connectivity index (χ0n) is 16.6. The molecule has 9 heteroatoms. The van der Waals surface area contributed by atoms with Gasteiger partial charge in [-0.25, -0.2) is 14.6 Å². The second-order valence-electron chi connectivity index (χ2n) is 7.09. The predicted molar refractivity (Wildman–Crippen MR) is 110 cm³/mol. The SMILES string of the molecule is COc1cc(-c2c[nH]n(-c3ccc(C(=O)NCC4CCOCC4)cn3)c2=O)ccn1. The predicted octanol–water partition coefficient (Wildman–Crippen LogP) is 1.79. The van der Waals surface area contributed by atoms with Gasteiger partial charge in [0.25, 0.3) is 11.5 Å². The summed E-state index contributed by atoms with van der Waals surface area (Å²) in [6.45, 7) is 2.12. The molecule has 1 aliphatic heterocycles. The van der Waals surface area contributed by atoms with E-state index in [2.05, 4.69) is 20.4 Å². The van der Waals surface area contributed by atoms with Gasteiger partial charge in [0, 0.05) is 44.4 Å². The van der Waals surface area contributed by atoms with Crippen molar-refractivity contribution in [2.45, 2.75) is 12.8 Å². The molecule has 4 heterocycles. The minimum absolute atomic E-state index is 0.177. The molecule has 2 N–H and O–H groups in total. The Morgan fingerprint density at radius 2 is 2.13 bits per heavy atom. The normalized spacial score (nSPS) is 14.4. The van der Waals surface area contributed by atoms with Crippen LogP contribution in [0.2, 0.25) is 0 Å². The van der Waals surface area contributed by atoms with Crippen molar-refractivity contribution in [3.05, 3.63) is 58.8 Å². The lowest BCUT2D eigenvalue weighted by Crippen LogP contribution is -2.32. The third-order valence-corrected chi connectivity index (χ3v) is 5.16. The molecule has 0 aromatic carbocycles. The van der Waals surface area contributed by atoms with Crippen molar-refractivity contribution in [3.63, 3.8) is 0 Å². The van der Waals surface area contributed by atoms with Crippen LogP contribution in [0.25, 0.3) is 16.9 Å². The highest BCUT2D eigenvalue weighted by molar-refractivity contribution is 5.93. The Balaban J connectivity index is 1.47. The summed E-state index contributed by atoms with van der Waals surface area (Å²) in [4.78, 5) is 33.5. The first-order valence-electron chi connectivity index (χ1n) is 9.79. The zero-order chi connectivity index (χ0) is 20.9. The maximum absolute atomic E-state index is 12.8. The van der Waals surface area contributed by atoms with Crippen LogP contribution in [0.3, 0.4) is 0 Å². The van der Waals surface area contributed by atoms with Crippen molar-refractivity contribution in [2.75, 3.05) is 26.9 Å². The molecule has 0 aliphatic carbocycles. The number of aromatic amines is 1. The largest absolute Gasteiger partial charge is 0.481 e. The van der Waals surface area contributed by atoms with E-state index in [-0.39, 0.29) is 11.5 Å². The number of H-pyrrole nitrogens is 1. The summed E-state index contributed by atoms with van der Waals surface area (Å²) in [5.41, 5.74) is 1.35. The zero-order valence-corrected chi connectivity index (χ0v) is 16.6. The van der Waals surface area contributed by atoms with E-state index in [1.807, 2.05) is 0 Å². The molecule has 4 rings (SSSR count). The van der Waals surface area contributed by atoms with E-state index in [1.165, 1.54) is 18.0 Å². The van der Waals surface area contributed by atoms with Crippen molar-refractivity contribution >= 4 is 5.91 Å². The molecule has 0 saturated carbocycles. The number of pyridine rings is 2. The Morgan fingerprint density at radius 3 is 2.87 bits per heavy atom. The van der Waals surface area contributed by atoms with Gasteiger partial charge in [-0.1, -0.05) is 0 Å². The van der Waals surface area contributed by atoms with E-state index in [0.29, 0.717) is 40.9 Å². The highest BCUT2D eigenvalue weighted by Gasteiger charge is 2.16. The summed E-state index contributed by atoms with van der Waals surface area (Å²) in [5.74, 6) is 1.09. The van der Waals surface area contributed by atoms with Crippen molar-refractivity contribution in [1.82, 2.24) is 25.1 Å². The first-order chi connectivity index (χ1) is 14.7. The Hall–Kier alpha value is -3.46. The summed E-state index contributed by atoms with van der Waals surface area (Å²) in [5, 5.41) is 5.86. The van der Waals surface area contributed by atoms with Gasteiger partial charge in [0.2, 0.25) is 5.88 Å². The molecule has 0 radical (unpaired) electrons. The summed E-state index contributed by atoms with van der Waals surface area (Å²) in [6, 6.07) is 6.72. The molecule has 30 heavy (non-hydrogen) atoms. The van der Waals surface area contributed by atoms with Crippen LogP contribution in [0, 0.1) is 5.92 Å². The van der Waals surface area contributed by atoms with Crippen LogP contribution in [0.5, 0.6) is 5.88 Å². The second-order valence-corrected chi connectivity index (χ2v) is 7.09. The van der Waals surface area contributed by atoms with E-state index in [1.54, 1.807) is 36.7 Å². The van der Waals surface area contributed by atoms with Crippen LogP contribution in [-0.2, 0) is 4.74 Å². The number of rotatable bonds is 6. The van der Waals surface area contributed by atoms with Gasteiger partial charge in [0.05, 0.1) is 18.2 Å². The number of hydrogen-bond donors (Lipinski definition) is 2. The fourth-order valence-corrected chi connectivity index (χ4v) is 3.38. The molecular formula is C21H23N5O4. The summed E-state index contributed by atoms with van der Waals surface area (Å²) < 4.78 is 11.8. The monoisotopic (exact) mass is 409 g/mol. The van der Waals surface area contributed by atoms with Crippen LogP contribution in [0.15, 0.2) is 47.7 Å². The summed E-state index contributed by atoms with van der Waals surface area (Å²) in [7, 11) is 1.52. The lowest BCUT2D eigenvalue weighted by molar-refractivity contribution is 0.0642. The average Bonchev–Trinajstić information content (AvgIpc) is 3.19. The Labute approximate surface area is 173 Å². The molecule has 1 amide bonds. The number of amides is 1. The van der Waals surface area contributed by atoms with Crippen molar-refractivity contribution in [2.24, 2.45) is 5.92 Å². The molecule has 3 aromatic rings. The van der Waals surface area contributed by atoms with E-state index in [4.69, 9.17) is 9.47 Å². The number of carbonyl (C=O) groups excluding carboxylic acids is 1. The lowest BCUT2D eigenvalue weighted by Gasteiger charge is -2.22. The molecule has 1 saturated heterocycles. The molecule has 156 valence electrons. The second kappa shape index (κ2) is 8.91. The third-order valence-electron chi connectivity index (χ3n) is 5.16. The first kappa shape index (κ1) is 19.8. The fourth-order valence-electron chi connectivity index (χ4n) is 3.38. The van der Waals surface area contributed by atoms with Crippen LogP contribution in [0.1, 0.15) is 23.2 Å². The molecule has 1 fully saturated rings. The first-order valence-corrected chi connectivity index (χ1v) is 9.79. The number of nitrogens with one attached hydrogen (secondary N) is 2. The minimum Gasteiger partial charge on any atom is -0.481 e. The van der Waals surface area contributed by atoms with Gasteiger partial charge in [0.15, 0.2) is 5.82 Å². The van der Waals surface area contributed by atoms with Crippen molar-refractivity contribution in [1.29, 1.82) is 0 Å². The topological polar surface area (TPSA) is 111 Å². The molecule has 0 bridgehead atoms. The van der Waals surface area contributed by atoms with Crippen LogP contribution < -0.4 is 15.6 Å². The third kappa shape index (κ3) is 4.25. The maximum Gasteiger partial charge on any atom is 0.280 e. The van der Waals surface area contributed by atoms with E-state index < -0.39 is 0 Å². The van der Waals surface area contributed by atoms with Crippen molar-refractivity contribution < 1.29 is 14.3 Å². The summed E-state index contributed by atoms with van der Waals surface area (Å²) in [6.07, 6.45) is 6.57. The number of carbonyl (C=O) groups is 1. The average molecular weight is 409 g/mol. The van der Waals surface area contributed by atoms with Gasteiger partial charge in [-0.15, -0.1) is 0 Å². The van der Waals surface area contributed by atoms with Gasteiger partial charge in [-0.2, -0.15) is 0 Å². The van der Waals surface area contributed by atoms with Gasteiger partial charge in [0.1, 0.15) is 0 Å². The van der Waals surface area contributed by atoms with E-state index >= 15 is 0 Å².